The van der Waals surface area contributed by atoms with E-state index in [1.54, 1.807) is 7.11 Å². The Balaban J connectivity index is 1.88. The van der Waals surface area contributed by atoms with Crippen LogP contribution in [0.15, 0.2) is 22.6 Å². The molecule has 1 aromatic carbocycles. The van der Waals surface area contributed by atoms with Gasteiger partial charge in [-0.25, -0.2) is 0 Å². The van der Waals surface area contributed by atoms with Crippen molar-refractivity contribution in [3.8, 4) is 5.75 Å². The molecule has 2 heterocycles. The quantitative estimate of drug-likeness (QED) is 0.873. The highest BCUT2D eigenvalue weighted by Gasteiger charge is 2.28. The van der Waals surface area contributed by atoms with Crippen LogP contribution in [0.25, 0.3) is 11.0 Å². The molecule has 5 heteroatoms. The Morgan fingerprint density at radius 2 is 2.00 bits per heavy atom. The SMILES string of the molecule is COc1ccc2oc(C)c(C(=O)N3CCC(N(C)C)CC3)c2c1. The normalized spacial score (nSPS) is 16.3. The van der Waals surface area contributed by atoms with E-state index in [4.69, 9.17) is 9.15 Å². The average molecular weight is 316 g/mol. The Kier molecular flexibility index (Phi) is 4.31. The molecule has 1 aromatic heterocycles. The van der Waals surface area contributed by atoms with Gasteiger partial charge in [0.25, 0.3) is 5.91 Å². The maximum Gasteiger partial charge on any atom is 0.258 e. The fourth-order valence-electron chi connectivity index (χ4n) is 3.34. The van der Waals surface area contributed by atoms with Crippen molar-refractivity contribution < 1.29 is 13.9 Å². The lowest BCUT2D eigenvalue weighted by molar-refractivity contribution is 0.0663. The number of hydrogen-bond donors (Lipinski definition) is 0. The fourth-order valence-corrected chi connectivity index (χ4v) is 3.34. The minimum atomic E-state index is 0.0618. The molecule has 0 spiro atoms. The average Bonchev–Trinajstić information content (AvgIpc) is 2.89. The second kappa shape index (κ2) is 6.24. The van der Waals surface area contributed by atoms with Gasteiger partial charge < -0.3 is 19.0 Å². The van der Waals surface area contributed by atoms with Crippen LogP contribution in [0, 0.1) is 6.92 Å². The predicted molar refractivity (Wildman–Crippen MR) is 90.1 cm³/mol. The Morgan fingerprint density at radius 3 is 2.61 bits per heavy atom. The van der Waals surface area contributed by atoms with Gasteiger partial charge >= 0.3 is 0 Å². The molecule has 23 heavy (non-hydrogen) atoms. The molecule has 1 aliphatic rings. The van der Waals surface area contributed by atoms with Gasteiger partial charge in [-0.15, -0.1) is 0 Å². The number of furan rings is 1. The molecule has 1 fully saturated rings. The molecular formula is C18H24N2O3. The Hall–Kier alpha value is -2.01. The lowest BCUT2D eigenvalue weighted by Gasteiger charge is -2.35. The lowest BCUT2D eigenvalue weighted by Crippen LogP contribution is -2.44. The number of carbonyl (C=O) groups is 1. The van der Waals surface area contributed by atoms with Crippen molar-refractivity contribution in [2.75, 3.05) is 34.3 Å². The molecule has 0 bridgehead atoms. The van der Waals surface area contributed by atoms with Crippen molar-refractivity contribution in [3.05, 3.63) is 29.5 Å². The molecule has 0 aliphatic carbocycles. The molecule has 1 saturated heterocycles. The third-order valence-electron chi connectivity index (χ3n) is 4.77. The number of ether oxygens (including phenoxy) is 1. The first kappa shape index (κ1) is 15.9. The maximum absolute atomic E-state index is 13.0. The smallest absolute Gasteiger partial charge is 0.258 e. The molecule has 124 valence electrons. The number of fused-ring (bicyclic) bond motifs is 1. The number of benzene rings is 1. The van der Waals surface area contributed by atoms with E-state index in [2.05, 4.69) is 19.0 Å². The van der Waals surface area contributed by atoms with Crippen LogP contribution in [0.1, 0.15) is 29.0 Å². The van der Waals surface area contributed by atoms with Crippen LogP contribution in [0.4, 0.5) is 0 Å². The molecule has 2 aromatic rings. The topological polar surface area (TPSA) is 45.9 Å². The molecule has 1 aliphatic heterocycles. The van der Waals surface area contributed by atoms with E-state index in [-0.39, 0.29) is 5.91 Å². The third-order valence-corrected chi connectivity index (χ3v) is 4.77. The van der Waals surface area contributed by atoms with Gasteiger partial charge in [-0.3, -0.25) is 4.79 Å². The first-order chi connectivity index (χ1) is 11.0. The highest BCUT2D eigenvalue weighted by molar-refractivity contribution is 6.07. The number of hydrogen-bond acceptors (Lipinski definition) is 4. The van der Waals surface area contributed by atoms with Crippen LogP contribution < -0.4 is 4.74 Å². The second-order valence-electron chi connectivity index (χ2n) is 6.38. The monoisotopic (exact) mass is 316 g/mol. The van der Waals surface area contributed by atoms with Crippen LogP contribution >= 0.6 is 0 Å². The highest BCUT2D eigenvalue weighted by atomic mass is 16.5. The maximum atomic E-state index is 13.0. The number of piperidine rings is 1. The minimum absolute atomic E-state index is 0.0618. The largest absolute Gasteiger partial charge is 0.497 e. The van der Waals surface area contributed by atoms with E-state index in [0.717, 1.165) is 42.6 Å². The van der Waals surface area contributed by atoms with Gasteiger partial charge in [0.15, 0.2) is 0 Å². The summed E-state index contributed by atoms with van der Waals surface area (Å²) >= 11 is 0. The fraction of sp³-hybridized carbons (Fsp3) is 0.500. The number of amides is 1. The van der Waals surface area contributed by atoms with Crippen LogP contribution in [-0.4, -0.2) is 56.0 Å². The van der Waals surface area contributed by atoms with Gasteiger partial charge in [0.2, 0.25) is 0 Å². The molecule has 1 amide bonds. The molecule has 3 rings (SSSR count). The summed E-state index contributed by atoms with van der Waals surface area (Å²) in [5, 5.41) is 0.835. The van der Waals surface area contributed by atoms with Crippen molar-refractivity contribution in [2.45, 2.75) is 25.8 Å². The molecule has 0 radical (unpaired) electrons. The predicted octanol–water partition coefficient (Wildman–Crippen LogP) is 2.92. The number of methoxy groups -OCH3 is 1. The summed E-state index contributed by atoms with van der Waals surface area (Å²) in [6.45, 7) is 3.43. The molecule has 0 atom stereocenters. The van der Waals surface area contributed by atoms with E-state index >= 15 is 0 Å². The van der Waals surface area contributed by atoms with Gasteiger partial charge in [-0.2, -0.15) is 0 Å². The number of rotatable bonds is 3. The minimum Gasteiger partial charge on any atom is -0.497 e. The van der Waals surface area contributed by atoms with Crippen LogP contribution in [0.3, 0.4) is 0 Å². The summed E-state index contributed by atoms with van der Waals surface area (Å²) in [4.78, 5) is 17.2. The molecular weight excluding hydrogens is 292 g/mol. The van der Waals surface area contributed by atoms with Crippen LogP contribution in [0.2, 0.25) is 0 Å². The zero-order valence-electron chi connectivity index (χ0n) is 14.3. The van der Waals surface area contributed by atoms with Crippen molar-refractivity contribution in [2.24, 2.45) is 0 Å². The van der Waals surface area contributed by atoms with Crippen molar-refractivity contribution in [1.29, 1.82) is 0 Å². The summed E-state index contributed by atoms with van der Waals surface area (Å²) in [7, 11) is 5.83. The lowest BCUT2D eigenvalue weighted by atomic mass is 10.0. The number of carbonyl (C=O) groups excluding carboxylic acids is 1. The summed E-state index contributed by atoms with van der Waals surface area (Å²) in [5.41, 5.74) is 1.40. The molecule has 0 N–H and O–H groups in total. The Morgan fingerprint density at radius 1 is 1.30 bits per heavy atom. The Bertz CT molecular complexity index is 712. The summed E-state index contributed by atoms with van der Waals surface area (Å²) in [5.74, 6) is 1.47. The number of aryl methyl sites for hydroxylation is 1. The van der Waals surface area contributed by atoms with E-state index in [9.17, 15) is 4.79 Å². The summed E-state index contributed by atoms with van der Waals surface area (Å²) in [6.07, 6.45) is 2.02. The van der Waals surface area contributed by atoms with Gasteiger partial charge in [0.1, 0.15) is 17.1 Å². The summed E-state index contributed by atoms with van der Waals surface area (Å²) < 4.78 is 11.0. The van der Waals surface area contributed by atoms with Crippen LogP contribution in [0.5, 0.6) is 5.75 Å². The number of likely N-dealkylation sites (tertiary alicyclic amines) is 1. The first-order valence-electron chi connectivity index (χ1n) is 8.04. The molecule has 0 unspecified atom stereocenters. The second-order valence-corrected chi connectivity index (χ2v) is 6.38. The van der Waals surface area contributed by atoms with Crippen LogP contribution in [-0.2, 0) is 0 Å². The Labute approximate surface area is 136 Å². The third kappa shape index (κ3) is 2.93. The zero-order valence-corrected chi connectivity index (χ0v) is 14.3. The van der Waals surface area contributed by atoms with E-state index in [1.807, 2.05) is 30.0 Å². The van der Waals surface area contributed by atoms with Crippen molar-refractivity contribution >= 4 is 16.9 Å². The standard InChI is InChI=1S/C18H24N2O3/c1-12-17(15-11-14(22-4)5-6-16(15)23-12)18(21)20-9-7-13(8-10-20)19(2)3/h5-6,11,13H,7-10H2,1-4H3. The van der Waals surface area contributed by atoms with Crippen molar-refractivity contribution in [1.82, 2.24) is 9.80 Å². The van der Waals surface area contributed by atoms with E-state index in [0.29, 0.717) is 17.4 Å². The van der Waals surface area contributed by atoms with E-state index in [1.165, 1.54) is 0 Å². The highest BCUT2D eigenvalue weighted by Crippen LogP contribution is 2.30. The van der Waals surface area contributed by atoms with Gasteiger partial charge in [-0.05, 0) is 52.1 Å². The van der Waals surface area contributed by atoms with E-state index < -0.39 is 0 Å². The van der Waals surface area contributed by atoms with Gasteiger partial charge in [-0.1, -0.05) is 0 Å². The summed E-state index contributed by atoms with van der Waals surface area (Å²) in [6, 6.07) is 6.14. The first-order valence-corrected chi connectivity index (χ1v) is 8.04. The van der Waals surface area contributed by atoms with Gasteiger partial charge in [0.05, 0.1) is 12.7 Å². The number of nitrogens with zero attached hydrogens (tertiary/aromatic N) is 2. The zero-order chi connectivity index (χ0) is 16.6. The molecule has 0 saturated carbocycles. The van der Waals surface area contributed by atoms with Gasteiger partial charge in [0, 0.05) is 24.5 Å². The molecule has 5 nitrogen and oxygen atoms in total. The van der Waals surface area contributed by atoms with Crippen molar-refractivity contribution in [3.63, 3.8) is 0 Å².